The van der Waals surface area contributed by atoms with Crippen LogP contribution in [-0.2, 0) is 14.3 Å². The SMILES string of the molecule is CCCCCCCCCCCCCC(C(N)CN)C(N)(C(=O)OC(=O)CC)C(N)CN. The van der Waals surface area contributed by atoms with Gasteiger partial charge in [0, 0.05) is 37.5 Å². The van der Waals surface area contributed by atoms with Crippen molar-refractivity contribution in [3.8, 4) is 0 Å². The van der Waals surface area contributed by atoms with E-state index in [0.717, 1.165) is 19.3 Å². The maximum absolute atomic E-state index is 12.8. The predicted molar refractivity (Wildman–Crippen MR) is 127 cm³/mol. The summed E-state index contributed by atoms with van der Waals surface area (Å²) in [5, 5.41) is 0. The zero-order chi connectivity index (χ0) is 23.7. The zero-order valence-electron chi connectivity index (χ0n) is 20.0. The average Bonchev–Trinajstić information content (AvgIpc) is 2.78. The second-order valence-corrected chi connectivity index (χ2v) is 8.72. The standard InChI is InChI=1S/C23H49N5O3/c1-3-5-6-7-8-9-10-11-12-13-14-15-18(19(26)16-24)23(28,20(27)17-25)22(30)31-21(29)4-2/h18-20H,3-17,24-28H2,1-2H3. The van der Waals surface area contributed by atoms with Gasteiger partial charge in [0.05, 0.1) is 0 Å². The highest BCUT2D eigenvalue weighted by molar-refractivity contribution is 5.92. The van der Waals surface area contributed by atoms with Crippen molar-refractivity contribution in [3.05, 3.63) is 0 Å². The van der Waals surface area contributed by atoms with Crippen LogP contribution in [0.4, 0.5) is 0 Å². The van der Waals surface area contributed by atoms with Gasteiger partial charge in [-0.05, 0) is 6.42 Å². The summed E-state index contributed by atoms with van der Waals surface area (Å²) in [6.07, 6.45) is 14.0. The van der Waals surface area contributed by atoms with E-state index in [-0.39, 0.29) is 19.5 Å². The molecule has 8 nitrogen and oxygen atoms in total. The molecule has 0 aromatic carbocycles. The highest BCUT2D eigenvalue weighted by Gasteiger charge is 2.50. The Morgan fingerprint density at radius 1 is 0.806 bits per heavy atom. The minimum atomic E-state index is -1.66. The number of esters is 2. The number of ether oxygens (including phenoxy) is 1. The molecule has 0 saturated heterocycles. The molecule has 0 aliphatic carbocycles. The Balaban J connectivity index is 4.73. The average molecular weight is 444 g/mol. The molecule has 0 bridgehead atoms. The molecular formula is C23H49N5O3. The molecule has 10 N–H and O–H groups in total. The molecule has 31 heavy (non-hydrogen) atoms. The quantitative estimate of drug-likeness (QED) is 0.114. The minimum Gasteiger partial charge on any atom is -0.392 e. The molecule has 0 rings (SSSR count). The molecule has 0 aromatic heterocycles. The lowest BCUT2D eigenvalue weighted by Crippen LogP contribution is -2.71. The summed E-state index contributed by atoms with van der Waals surface area (Å²) in [6, 6.07) is -1.44. The molecule has 0 aromatic rings. The van der Waals surface area contributed by atoms with E-state index in [2.05, 4.69) is 6.92 Å². The van der Waals surface area contributed by atoms with Gasteiger partial charge in [0.1, 0.15) is 5.54 Å². The fourth-order valence-corrected chi connectivity index (χ4v) is 4.04. The lowest BCUT2D eigenvalue weighted by molar-refractivity contribution is -0.166. The Bertz CT molecular complexity index is 492. The Morgan fingerprint density at radius 2 is 1.29 bits per heavy atom. The Kier molecular flexibility index (Phi) is 16.9. The molecular weight excluding hydrogens is 394 g/mol. The maximum atomic E-state index is 12.8. The van der Waals surface area contributed by atoms with Crippen LogP contribution in [0.2, 0.25) is 0 Å². The third-order valence-corrected chi connectivity index (χ3v) is 6.24. The third-order valence-electron chi connectivity index (χ3n) is 6.24. The van der Waals surface area contributed by atoms with Crippen molar-refractivity contribution >= 4 is 11.9 Å². The molecule has 0 amide bonds. The second-order valence-electron chi connectivity index (χ2n) is 8.72. The largest absolute Gasteiger partial charge is 0.392 e. The van der Waals surface area contributed by atoms with Gasteiger partial charge in [-0.3, -0.25) is 4.79 Å². The van der Waals surface area contributed by atoms with Gasteiger partial charge in [-0.15, -0.1) is 0 Å². The van der Waals surface area contributed by atoms with Crippen molar-refractivity contribution in [2.75, 3.05) is 13.1 Å². The van der Waals surface area contributed by atoms with E-state index in [4.69, 9.17) is 33.4 Å². The first-order valence-corrected chi connectivity index (χ1v) is 12.2. The molecule has 4 unspecified atom stereocenters. The van der Waals surface area contributed by atoms with E-state index < -0.39 is 35.5 Å². The van der Waals surface area contributed by atoms with Gasteiger partial charge in [0.2, 0.25) is 0 Å². The molecule has 0 saturated carbocycles. The lowest BCUT2D eigenvalue weighted by Gasteiger charge is -2.41. The highest BCUT2D eigenvalue weighted by Crippen LogP contribution is 2.28. The Morgan fingerprint density at radius 3 is 1.71 bits per heavy atom. The molecule has 8 heteroatoms. The number of carbonyl (C=O) groups excluding carboxylic acids is 2. The maximum Gasteiger partial charge on any atom is 0.335 e. The van der Waals surface area contributed by atoms with Gasteiger partial charge in [-0.2, -0.15) is 0 Å². The fraction of sp³-hybridized carbons (Fsp3) is 0.913. The van der Waals surface area contributed by atoms with Crippen molar-refractivity contribution in [3.63, 3.8) is 0 Å². The number of nitrogens with two attached hydrogens (primary N) is 5. The van der Waals surface area contributed by atoms with E-state index in [1.54, 1.807) is 6.92 Å². The van der Waals surface area contributed by atoms with Crippen molar-refractivity contribution in [1.29, 1.82) is 0 Å². The molecule has 0 aliphatic heterocycles. The van der Waals surface area contributed by atoms with Crippen molar-refractivity contribution in [2.24, 2.45) is 34.6 Å². The monoisotopic (exact) mass is 443 g/mol. The molecule has 184 valence electrons. The first kappa shape index (κ1) is 29.9. The smallest absolute Gasteiger partial charge is 0.335 e. The van der Waals surface area contributed by atoms with E-state index >= 15 is 0 Å². The summed E-state index contributed by atoms with van der Waals surface area (Å²) in [4.78, 5) is 24.5. The first-order valence-electron chi connectivity index (χ1n) is 12.2. The summed E-state index contributed by atoms with van der Waals surface area (Å²) in [6.45, 7) is 3.95. The Hall–Kier alpha value is -1.06. The second kappa shape index (κ2) is 17.5. The first-order chi connectivity index (χ1) is 14.8. The summed E-state index contributed by atoms with van der Waals surface area (Å²) in [5.74, 6) is -2.04. The summed E-state index contributed by atoms with van der Waals surface area (Å²) >= 11 is 0. The topological polar surface area (TPSA) is 173 Å². The summed E-state index contributed by atoms with van der Waals surface area (Å²) < 4.78 is 4.94. The van der Waals surface area contributed by atoms with Crippen LogP contribution in [0, 0.1) is 5.92 Å². The van der Waals surface area contributed by atoms with Gasteiger partial charge >= 0.3 is 11.9 Å². The van der Waals surface area contributed by atoms with E-state index in [9.17, 15) is 9.59 Å². The normalized spacial score (nSPS) is 16.4. The van der Waals surface area contributed by atoms with Crippen LogP contribution in [0.3, 0.4) is 0 Å². The molecule has 0 radical (unpaired) electrons. The summed E-state index contributed by atoms with van der Waals surface area (Å²) in [5.41, 5.74) is 28.7. The summed E-state index contributed by atoms with van der Waals surface area (Å²) in [7, 11) is 0. The molecule has 4 atom stereocenters. The fourth-order valence-electron chi connectivity index (χ4n) is 4.04. The van der Waals surface area contributed by atoms with Crippen LogP contribution < -0.4 is 28.7 Å². The van der Waals surface area contributed by atoms with Crippen LogP contribution in [0.1, 0.15) is 97.3 Å². The van der Waals surface area contributed by atoms with Gasteiger partial charge in [-0.1, -0.05) is 84.5 Å². The van der Waals surface area contributed by atoms with Gasteiger partial charge in [-0.25, -0.2) is 4.79 Å². The highest BCUT2D eigenvalue weighted by atomic mass is 16.6. The van der Waals surface area contributed by atoms with Crippen LogP contribution in [0.25, 0.3) is 0 Å². The van der Waals surface area contributed by atoms with Gasteiger partial charge < -0.3 is 33.4 Å². The van der Waals surface area contributed by atoms with Gasteiger partial charge in [0.25, 0.3) is 0 Å². The lowest BCUT2D eigenvalue weighted by atomic mass is 9.72. The van der Waals surface area contributed by atoms with Crippen molar-refractivity contribution < 1.29 is 14.3 Å². The number of carbonyl (C=O) groups is 2. The third kappa shape index (κ3) is 10.9. The van der Waals surface area contributed by atoms with Crippen molar-refractivity contribution in [2.45, 2.75) is 115 Å². The van der Waals surface area contributed by atoms with E-state index in [1.807, 2.05) is 0 Å². The number of rotatable bonds is 19. The van der Waals surface area contributed by atoms with Gasteiger partial charge in [0.15, 0.2) is 0 Å². The molecule has 0 heterocycles. The van der Waals surface area contributed by atoms with Crippen LogP contribution in [-0.4, -0.2) is 42.7 Å². The molecule has 0 fully saturated rings. The predicted octanol–water partition coefficient (Wildman–Crippen LogP) is 2.05. The minimum absolute atomic E-state index is 0.0298. The van der Waals surface area contributed by atoms with Crippen LogP contribution >= 0.6 is 0 Å². The van der Waals surface area contributed by atoms with Crippen molar-refractivity contribution in [1.82, 2.24) is 0 Å². The number of hydrogen-bond acceptors (Lipinski definition) is 8. The molecule has 0 spiro atoms. The molecule has 0 aliphatic rings. The number of unbranched alkanes of at least 4 members (excludes halogenated alkanes) is 10. The zero-order valence-corrected chi connectivity index (χ0v) is 20.0. The van der Waals surface area contributed by atoms with E-state index in [1.165, 1.54) is 51.4 Å². The Labute approximate surface area is 189 Å². The van der Waals surface area contributed by atoms with Crippen LogP contribution in [0.5, 0.6) is 0 Å². The van der Waals surface area contributed by atoms with Crippen LogP contribution in [0.15, 0.2) is 0 Å². The number of hydrogen-bond donors (Lipinski definition) is 5. The van der Waals surface area contributed by atoms with E-state index in [0.29, 0.717) is 6.42 Å².